The van der Waals surface area contributed by atoms with Crippen LogP contribution in [0.25, 0.3) is 0 Å². The highest BCUT2D eigenvalue weighted by atomic mass is 32.2. The zero-order valence-electron chi connectivity index (χ0n) is 14.8. The molecule has 0 aliphatic rings. The summed E-state index contributed by atoms with van der Waals surface area (Å²) in [5.41, 5.74) is -0.311. The number of ether oxygens (including phenoxy) is 1. The van der Waals surface area contributed by atoms with Crippen LogP contribution in [0.1, 0.15) is 20.8 Å². The molecule has 128 valence electrons. The predicted octanol–water partition coefficient (Wildman–Crippen LogP) is 5.66. The molecule has 0 unspecified atom stereocenters. The molecular weight excluding hydrogens is 328 g/mol. The molecule has 0 saturated heterocycles. The summed E-state index contributed by atoms with van der Waals surface area (Å²) in [5.74, 6) is 1.06. The van der Waals surface area contributed by atoms with E-state index in [1.807, 2.05) is 69.3 Å². The van der Waals surface area contributed by atoms with Gasteiger partial charge in [-0.1, -0.05) is 36.4 Å². The first kappa shape index (κ1) is 17.4. The lowest BCUT2D eigenvalue weighted by Crippen LogP contribution is -2.24. The fraction of sp³-hybridized carbons (Fsp3) is 0.182. The van der Waals surface area contributed by atoms with Crippen molar-refractivity contribution in [3.05, 3.63) is 78.9 Å². The number of benzene rings is 3. The minimum absolute atomic E-state index is 0.251. The highest BCUT2D eigenvalue weighted by Crippen LogP contribution is 2.39. The van der Waals surface area contributed by atoms with E-state index in [2.05, 4.69) is 24.3 Å². The Morgan fingerprint density at radius 2 is 1.28 bits per heavy atom. The largest absolute Gasteiger partial charge is 0.508 e. The van der Waals surface area contributed by atoms with Gasteiger partial charge < -0.3 is 9.84 Å². The molecule has 0 heterocycles. The Kier molecular flexibility index (Phi) is 5.05. The molecule has 0 aliphatic carbocycles. The molecule has 3 aromatic carbocycles. The molecule has 0 fully saturated rings. The van der Waals surface area contributed by atoms with Gasteiger partial charge in [-0.15, -0.1) is 0 Å². The van der Waals surface area contributed by atoms with E-state index in [4.69, 9.17) is 4.74 Å². The van der Waals surface area contributed by atoms with Gasteiger partial charge in [0, 0.05) is 6.07 Å². The van der Waals surface area contributed by atoms with Crippen LogP contribution in [0, 0.1) is 0 Å². The molecule has 1 N–H and O–H groups in total. The summed E-state index contributed by atoms with van der Waals surface area (Å²) in [6.07, 6.45) is 0. The lowest BCUT2D eigenvalue weighted by Gasteiger charge is -2.22. The molecule has 0 saturated carbocycles. The molecule has 0 spiro atoms. The third kappa shape index (κ3) is 4.37. The summed E-state index contributed by atoms with van der Waals surface area (Å²) >= 11 is 0. The predicted molar refractivity (Wildman–Crippen MR) is 104 cm³/mol. The van der Waals surface area contributed by atoms with Gasteiger partial charge in [-0.3, -0.25) is 0 Å². The summed E-state index contributed by atoms with van der Waals surface area (Å²) in [6.45, 7) is 6.10. The number of aromatic hydroxyl groups is 1. The van der Waals surface area contributed by atoms with Crippen LogP contribution < -0.4 is 4.74 Å². The van der Waals surface area contributed by atoms with Crippen LogP contribution in [-0.2, 0) is 10.9 Å². The zero-order valence-corrected chi connectivity index (χ0v) is 15.6. The monoisotopic (exact) mass is 351 g/mol. The van der Waals surface area contributed by atoms with E-state index in [-0.39, 0.29) is 22.2 Å². The second kappa shape index (κ2) is 7.24. The van der Waals surface area contributed by atoms with Gasteiger partial charge in [-0.2, -0.15) is 0 Å². The van der Waals surface area contributed by atoms with Crippen LogP contribution in [0.5, 0.6) is 11.5 Å². The molecule has 0 atom stereocenters. The van der Waals surface area contributed by atoms with Crippen LogP contribution in [-0.4, -0.2) is 10.7 Å². The highest BCUT2D eigenvalue weighted by Gasteiger charge is 2.33. The summed E-state index contributed by atoms with van der Waals surface area (Å²) in [5, 5.41) is 10.1. The fourth-order valence-corrected chi connectivity index (χ4v) is 4.76. The standard InChI is InChI=1S/C22H22O2S/c1-22(2,3)24-20-15-14-17(23)16-21(20)25(18-10-6-4-7-11-18)19-12-8-5-9-13-19/h4-16H,1-3H3/p+1. The van der Waals surface area contributed by atoms with Crippen molar-refractivity contribution >= 4 is 10.9 Å². The van der Waals surface area contributed by atoms with Gasteiger partial charge in [0.25, 0.3) is 0 Å². The minimum Gasteiger partial charge on any atom is -0.508 e. The van der Waals surface area contributed by atoms with Crippen molar-refractivity contribution in [1.82, 2.24) is 0 Å². The molecular formula is C22H23O2S+. The average Bonchev–Trinajstić information content (AvgIpc) is 2.58. The van der Waals surface area contributed by atoms with Crippen LogP contribution in [0.3, 0.4) is 0 Å². The molecule has 3 heteroatoms. The maximum atomic E-state index is 10.1. The SMILES string of the molecule is CC(C)(C)Oc1ccc(O)cc1[S+](c1ccccc1)c1ccccc1. The number of hydrogen-bond donors (Lipinski definition) is 1. The van der Waals surface area contributed by atoms with Crippen molar-refractivity contribution in [1.29, 1.82) is 0 Å². The molecule has 0 aromatic heterocycles. The van der Waals surface area contributed by atoms with Gasteiger partial charge in [0.15, 0.2) is 15.5 Å². The molecule has 2 nitrogen and oxygen atoms in total. The van der Waals surface area contributed by atoms with Gasteiger partial charge in [-0.25, -0.2) is 0 Å². The van der Waals surface area contributed by atoms with E-state index in [1.54, 1.807) is 6.07 Å². The van der Waals surface area contributed by atoms with Crippen molar-refractivity contribution in [2.24, 2.45) is 0 Å². The Morgan fingerprint density at radius 1 is 0.760 bits per heavy atom. The summed E-state index contributed by atoms with van der Waals surface area (Å²) < 4.78 is 6.21. The number of phenols is 1. The maximum absolute atomic E-state index is 10.1. The van der Waals surface area contributed by atoms with E-state index in [0.717, 1.165) is 10.6 Å². The average molecular weight is 351 g/mol. The second-order valence-corrected chi connectivity index (χ2v) is 8.77. The third-order valence-electron chi connectivity index (χ3n) is 3.52. The van der Waals surface area contributed by atoms with Crippen molar-refractivity contribution in [3.8, 4) is 11.5 Å². The Balaban J connectivity index is 2.19. The Hall–Kier alpha value is -2.39. The lowest BCUT2D eigenvalue weighted by molar-refractivity contribution is 0.126. The number of phenolic OH excluding ortho intramolecular Hbond substituents is 1. The van der Waals surface area contributed by atoms with Crippen molar-refractivity contribution in [3.63, 3.8) is 0 Å². The summed E-state index contributed by atoms with van der Waals surface area (Å²) in [4.78, 5) is 3.38. The van der Waals surface area contributed by atoms with E-state index in [1.165, 1.54) is 9.79 Å². The highest BCUT2D eigenvalue weighted by molar-refractivity contribution is 7.97. The molecule has 0 radical (unpaired) electrons. The van der Waals surface area contributed by atoms with Gasteiger partial charge >= 0.3 is 0 Å². The second-order valence-electron chi connectivity index (χ2n) is 6.78. The molecule has 0 bridgehead atoms. The van der Waals surface area contributed by atoms with Crippen LogP contribution in [0.4, 0.5) is 0 Å². The van der Waals surface area contributed by atoms with E-state index >= 15 is 0 Å². The van der Waals surface area contributed by atoms with Crippen molar-refractivity contribution in [2.75, 3.05) is 0 Å². The molecule has 0 amide bonds. The first-order valence-electron chi connectivity index (χ1n) is 8.30. The number of rotatable bonds is 4. The molecule has 0 aliphatic heterocycles. The lowest BCUT2D eigenvalue weighted by atomic mass is 10.2. The first-order chi connectivity index (χ1) is 11.9. The van der Waals surface area contributed by atoms with Crippen molar-refractivity contribution in [2.45, 2.75) is 41.1 Å². The van der Waals surface area contributed by atoms with Gasteiger partial charge in [0.1, 0.15) is 22.2 Å². The van der Waals surface area contributed by atoms with Crippen LogP contribution >= 0.6 is 0 Å². The van der Waals surface area contributed by atoms with E-state index < -0.39 is 0 Å². The first-order valence-corrected chi connectivity index (χ1v) is 9.53. The zero-order chi connectivity index (χ0) is 17.9. The quantitative estimate of drug-likeness (QED) is 0.614. The fourth-order valence-electron chi connectivity index (χ4n) is 2.57. The molecule has 3 rings (SSSR count). The van der Waals surface area contributed by atoms with Gasteiger partial charge in [-0.05, 0) is 57.2 Å². The molecule has 25 heavy (non-hydrogen) atoms. The van der Waals surface area contributed by atoms with Gasteiger partial charge in [0.05, 0.1) is 0 Å². The summed E-state index contributed by atoms with van der Waals surface area (Å²) in [7, 11) is -0.356. The topological polar surface area (TPSA) is 29.5 Å². The van der Waals surface area contributed by atoms with E-state index in [0.29, 0.717) is 0 Å². The Labute approximate surface area is 152 Å². The van der Waals surface area contributed by atoms with Crippen LogP contribution in [0.15, 0.2) is 93.5 Å². The van der Waals surface area contributed by atoms with Gasteiger partial charge in [0.2, 0.25) is 4.90 Å². The van der Waals surface area contributed by atoms with Crippen molar-refractivity contribution < 1.29 is 9.84 Å². The third-order valence-corrected chi connectivity index (χ3v) is 5.77. The smallest absolute Gasteiger partial charge is 0.212 e. The minimum atomic E-state index is -0.356. The van der Waals surface area contributed by atoms with Crippen LogP contribution in [0.2, 0.25) is 0 Å². The maximum Gasteiger partial charge on any atom is 0.212 e. The Bertz CT molecular complexity index is 784. The van der Waals surface area contributed by atoms with E-state index in [9.17, 15) is 5.11 Å². The Morgan fingerprint density at radius 3 is 1.76 bits per heavy atom. The molecule has 3 aromatic rings. The normalized spacial score (nSPS) is 11.5. The summed E-state index contributed by atoms with van der Waals surface area (Å²) in [6, 6.07) is 26.1. The number of hydrogen-bond acceptors (Lipinski definition) is 2.